The van der Waals surface area contributed by atoms with Gasteiger partial charge in [0.15, 0.2) is 5.78 Å². The number of hydrogen-bond acceptors (Lipinski definition) is 4. The van der Waals surface area contributed by atoms with Crippen LogP contribution in [0.1, 0.15) is 16.8 Å². The molecule has 1 heterocycles. The van der Waals surface area contributed by atoms with Gasteiger partial charge in [-0.3, -0.25) is 14.5 Å². The largest absolute Gasteiger partial charge is 0.481 e. The van der Waals surface area contributed by atoms with Crippen LogP contribution in [0.25, 0.3) is 0 Å². The molecule has 1 fully saturated rings. The highest BCUT2D eigenvalue weighted by atomic mass is 16.5. The summed E-state index contributed by atoms with van der Waals surface area (Å²) >= 11 is 0. The van der Waals surface area contributed by atoms with E-state index in [0.29, 0.717) is 31.9 Å². The highest BCUT2D eigenvalue weighted by molar-refractivity contribution is 6.01. The van der Waals surface area contributed by atoms with Crippen molar-refractivity contribution in [1.82, 2.24) is 4.90 Å². The van der Waals surface area contributed by atoms with E-state index in [-0.39, 0.29) is 12.2 Å². The second-order valence-electron chi connectivity index (χ2n) is 4.49. The van der Waals surface area contributed by atoms with Crippen molar-refractivity contribution in [3.05, 3.63) is 35.9 Å². The number of aliphatic carboxylic acids is 1. The smallest absolute Gasteiger partial charge is 0.305 e. The third kappa shape index (κ3) is 3.62. The molecular formula is C14H17NO4. The highest BCUT2D eigenvalue weighted by Gasteiger charge is 2.30. The standard InChI is InChI=1S/C14H17NO4/c16-13(17)10-12(15-6-8-19-9-7-15)14(18)11-4-2-1-3-5-11/h1-5,12H,6-10H2,(H,16,17). The van der Waals surface area contributed by atoms with E-state index in [1.54, 1.807) is 24.3 Å². The highest BCUT2D eigenvalue weighted by Crippen LogP contribution is 2.14. The summed E-state index contributed by atoms with van der Waals surface area (Å²) in [4.78, 5) is 25.3. The van der Waals surface area contributed by atoms with Gasteiger partial charge in [0.2, 0.25) is 0 Å². The maximum Gasteiger partial charge on any atom is 0.305 e. The molecule has 0 radical (unpaired) electrons. The fraction of sp³-hybridized carbons (Fsp3) is 0.429. The summed E-state index contributed by atoms with van der Waals surface area (Å²) in [6.07, 6.45) is -0.173. The first kappa shape index (κ1) is 13.7. The molecule has 1 saturated heterocycles. The number of carboxylic acids is 1. The van der Waals surface area contributed by atoms with Gasteiger partial charge in [0.25, 0.3) is 0 Å². The first-order valence-corrected chi connectivity index (χ1v) is 6.31. The Balaban J connectivity index is 2.16. The molecule has 0 amide bonds. The van der Waals surface area contributed by atoms with E-state index in [1.807, 2.05) is 11.0 Å². The fourth-order valence-electron chi connectivity index (χ4n) is 2.24. The van der Waals surface area contributed by atoms with E-state index in [1.165, 1.54) is 0 Å². The average molecular weight is 263 g/mol. The Morgan fingerprint density at radius 3 is 2.42 bits per heavy atom. The first-order chi connectivity index (χ1) is 9.18. The molecule has 5 nitrogen and oxygen atoms in total. The van der Waals surface area contributed by atoms with Gasteiger partial charge in [0.1, 0.15) is 0 Å². The summed E-state index contributed by atoms with van der Waals surface area (Å²) in [5.74, 6) is -1.09. The van der Waals surface area contributed by atoms with Crippen molar-refractivity contribution in [3.63, 3.8) is 0 Å². The van der Waals surface area contributed by atoms with Crippen molar-refractivity contribution in [2.24, 2.45) is 0 Å². The minimum atomic E-state index is -0.958. The molecule has 2 rings (SSSR count). The minimum absolute atomic E-state index is 0.134. The molecule has 1 aromatic rings. The van der Waals surface area contributed by atoms with Crippen molar-refractivity contribution in [2.75, 3.05) is 26.3 Å². The molecule has 0 aromatic heterocycles. The van der Waals surface area contributed by atoms with Gasteiger partial charge in [-0.2, -0.15) is 0 Å². The summed E-state index contributed by atoms with van der Waals surface area (Å²) in [5.41, 5.74) is 0.556. The number of benzene rings is 1. The molecule has 1 N–H and O–H groups in total. The van der Waals surface area contributed by atoms with Crippen LogP contribution in [-0.2, 0) is 9.53 Å². The van der Waals surface area contributed by atoms with Crippen molar-refractivity contribution < 1.29 is 19.4 Å². The van der Waals surface area contributed by atoms with Crippen molar-refractivity contribution in [2.45, 2.75) is 12.5 Å². The van der Waals surface area contributed by atoms with Crippen molar-refractivity contribution in [1.29, 1.82) is 0 Å². The van der Waals surface area contributed by atoms with Gasteiger partial charge in [0.05, 0.1) is 25.7 Å². The maximum atomic E-state index is 12.4. The summed E-state index contributed by atoms with van der Waals surface area (Å²) in [5, 5.41) is 9.00. The number of carbonyl (C=O) groups is 2. The van der Waals surface area contributed by atoms with Crippen LogP contribution >= 0.6 is 0 Å². The molecule has 102 valence electrons. The van der Waals surface area contributed by atoms with Crippen molar-refractivity contribution >= 4 is 11.8 Å². The molecule has 1 aliphatic rings. The number of ketones is 1. The van der Waals surface area contributed by atoms with E-state index < -0.39 is 12.0 Å². The zero-order valence-electron chi connectivity index (χ0n) is 10.6. The van der Waals surface area contributed by atoms with E-state index in [0.717, 1.165) is 0 Å². The Morgan fingerprint density at radius 2 is 1.84 bits per heavy atom. The molecule has 0 aliphatic carbocycles. The van der Waals surface area contributed by atoms with Gasteiger partial charge in [-0.25, -0.2) is 0 Å². The first-order valence-electron chi connectivity index (χ1n) is 6.31. The predicted molar refractivity (Wildman–Crippen MR) is 69.2 cm³/mol. The van der Waals surface area contributed by atoms with E-state index >= 15 is 0 Å². The molecule has 0 spiro atoms. The van der Waals surface area contributed by atoms with Crippen molar-refractivity contribution in [3.8, 4) is 0 Å². The maximum absolute atomic E-state index is 12.4. The molecule has 5 heteroatoms. The second kappa shape index (κ2) is 6.45. The van der Waals surface area contributed by atoms with Crippen LogP contribution in [0.5, 0.6) is 0 Å². The Kier molecular flexibility index (Phi) is 4.65. The molecule has 1 aromatic carbocycles. The van der Waals surface area contributed by atoms with Crippen LogP contribution in [0.3, 0.4) is 0 Å². The SMILES string of the molecule is O=C(O)CC(C(=O)c1ccccc1)N1CCOCC1. The number of rotatable bonds is 5. The predicted octanol–water partition coefficient (Wildman–Crippen LogP) is 1.04. The van der Waals surface area contributed by atoms with Crippen LogP contribution in [0.2, 0.25) is 0 Å². The van der Waals surface area contributed by atoms with Crippen LogP contribution in [-0.4, -0.2) is 54.1 Å². The fourth-order valence-corrected chi connectivity index (χ4v) is 2.24. The lowest BCUT2D eigenvalue weighted by Crippen LogP contribution is -2.48. The van der Waals surface area contributed by atoms with Gasteiger partial charge in [-0.1, -0.05) is 30.3 Å². The monoisotopic (exact) mass is 263 g/mol. The third-order valence-corrected chi connectivity index (χ3v) is 3.22. The second-order valence-corrected chi connectivity index (χ2v) is 4.49. The summed E-state index contributed by atoms with van der Waals surface area (Å²) < 4.78 is 5.24. The summed E-state index contributed by atoms with van der Waals surface area (Å²) in [7, 11) is 0. The van der Waals surface area contributed by atoms with Crippen LogP contribution in [0, 0.1) is 0 Å². The Morgan fingerprint density at radius 1 is 1.21 bits per heavy atom. The molecule has 19 heavy (non-hydrogen) atoms. The molecule has 1 aliphatic heterocycles. The number of ether oxygens (including phenoxy) is 1. The number of carboxylic acid groups (broad SMARTS) is 1. The summed E-state index contributed by atoms with van der Waals surface area (Å²) in [6.45, 7) is 2.27. The van der Waals surface area contributed by atoms with E-state index in [2.05, 4.69) is 0 Å². The zero-order chi connectivity index (χ0) is 13.7. The van der Waals surface area contributed by atoms with Gasteiger partial charge >= 0.3 is 5.97 Å². The van der Waals surface area contributed by atoms with Gasteiger partial charge in [-0.15, -0.1) is 0 Å². The Bertz CT molecular complexity index is 440. The molecule has 1 atom stereocenters. The number of nitrogens with zero attached hydrogens (tertiary/aromatic N) is 1. The normalized spacial score (nSPS) is 17.9. The number of hydrogen-bond donors (Lipinski definition) is 1. The number of Topliss-reactive ketones (excluding diaryl/α,β-unsaturated/α-hetero) is 1. The Hall–Kier alpha value is -1.72. The average Bonchev–Trinajstić information content (AvgIpc) is 2.46. The quantitative estimate of drug-likeness (QED) is 0.804. The lowest BCUT2D eigenvalue weighted by Gasteiger charge is -2.32. The number of carbonyl (C=O) groups excluding carboxylic acids is 1. The van der Waals surface area contributed by atoms with Crippen LogP contribution < -0.4 is 0 Å². The van der Waals surface area contributed by atoms with Gasteiger partial charge in [-0.05, 0) is 0 Å². The summed E-state index contributed by atoms with van der Waals surface area (Å²) in [6, 6.07) is 8.23. The lowest BCUT2D eigenvalue weighted by atomic mass is 10.00. The zero-order valence-corrected chi connectivity index (χ0v) is 10.6. The minimum Gasteiger partial charge on any atom is -0.481 e. The lowest BCUT2D eigenvalue weighted by molar-refractivity contribution is -0.138. The van der Waals surface area contributed by atoms with Crippen LogP contribution in [0.4, 0.5) is 0 Å². The number of morpholine rings is 1. The van der Waals surface area contributed by atoms with Gasteiger partial charge in [0, 0.05) is 18.7 Å². The molecule has 0 bridgehead atoms. The molecule has 1 unspecified atom stereocenters. The molecular weight excluding hydrogens is 246 g/mol. The van der Waals surface area contributed by atoms with E-state index in [9.17, 15) is 9.59 Å². The van der Waals surface area contributed by atoms with Gasteiger partial charge < -0.3 is 9.84 Å². The van der Waals surface area contributed by atoms with Crippen LogP contribution in [0.15, 0.2) is 30.3 Å². The Labute approximate surface area is 111 Å². The third-order valence-electron chi connectivity index (χ3n) is 3.22. The topological polar surface area (TPSA) is 66.8 Å². The molecule has 0 saturated carbocycles. The van der Waals surface area contributed by atoms with E-state index in [4.69, 9.17) is 9.84 Å².